The summed E-state index contributed by atoms with van der Waals surface area (Å²) in [6.07, 6.45) is 2.63. The standard InChI is InChI=1S/C59H69N11O12/c1-36-32-42(82-30-24-77-6)33-37(2)52(36)65-53-44-35-61-58(66-54(44)68(5)67-53)63-40-11-10-38-20-22-69(59(3,4)45(38)34-40)50(73)19-18-48(71)62-39-12-14-41(15-13-39)81-31-29-80-28-27-79-26-25-78-23-21-60-46-9-7-8-43-51(46)57(76)70(56(43)75)47-16-17-49(72)64-55(47)74/h7-15,32-35,47,60H,16-31H2,1-6H3,(H,62,71)(H,65,67)(H,61,63,66)(H,64,72,74). The number of ether oxygens (including phenoxy) is 6. The van der Waals surface area contributed by atoms with Crippen molar-refractivity contribution in [3.8, 4) is 11.5 Å². The van der Waals surface area contributed by atoms with Crippen LogP contribution in [0.2, 0.25) is 0 Å². The van der Waals surface area contributed by atoms with Crippen molar-refractivity contribution in [2.75, 3.05) is 101 Å². The molecule has 23 nitrogen and oxygen atoms in total. The number of hydrogen-bond acceptors (Lipinski definition) is 18. The Morgan fingerprint density at radius 3 is 2.20 bits per heavy atom. The molecule has 0 spiro atoms. The van der Waals surface area contributed by atoms with Crippen molar-refractivity contribution in [2.24, 2.45) is 7.05 Å². The Labute approximate surface area is 474 Å². The Balaban J connectivity index is 0.643. The molecule has 0 saturated carbocycles. The molecule has 4 aromatic carbocycles. The minimum atomic E-state index is -1.03. The lowest BCUT2D eigenvalue weighted by atomic mass is 9.82. The number of carbonyl (C=O) groups is 6. The molecule has 82 heavy (non-hydrogen) atoms. The Bertz CT molecular complexity index is 3320. The molecule has 0 radical (unpaired) electrons. The molecule has 0 bridgehead atoms. The van der Waals surface area contributed by atoms with E-state index in [2.05, 4.69) is 37.6 Å². The summed E-state index contributed by atoms with van der Waals surface area (Å²) < 4.78 is 35.3. The number of benzene rings is 4. The third kappa shape index (κ3) is 13.6. The number of fused-ring (bicyclic) bond motifs is 3. The van der Waals surface area contributed by atoms with Gasteiger partial charge >= 0.3 is 0 Å². The smallest absolute Gasteiger partial charge is 0.264 e. The molecular weight excluding hydrogens is 1050 g/mol. The number of rotatable bonds is 27. The number of imide groups is 2. The first-order valence-corrected chi connectivity index (χ1v) is 27.3. The van der Waals surface area contributed by atoms with Crippen LogP contribution in [-0.2, 0) is 57.1 Å². The average Bonchev–Trinajstić information content (AvgIpc) is 3.86. The molecule has 6 amide bonds. The lowest BCUT2D eigenvalue weighted by Crippen LogP contribution is -2.54. The fourth-order valence-corrected chi connectivity index (χ4v) is 10.3. The molecule has 23 heteroatoms. The molecule has 9 rings (SSSR count). The molecule has 3 aliphatic heterocycles. The molecule has 1 atom stereocenters. The predicted molar refractivity (Wildman–Crippen MR) is 305 cm³/mol. The van der Waals surface area contributed by atoms with E-state index in [0.29, 0.717) is 114 Å². The summed E-state index contributed by atoms with van der Waals surface area (Å²) in [4.78, 5) is 89.4. The van der Waals surface area contributed by atoms with Gasteiger partial charge in [-0.3, -0.25) is 39.0 Å². The number of anilines is 6. The van der Waals surface area contributed by atoms with E-state index >= 15 is 0 Å². The zero-order valence-electron chi connectivity index (χ0n) is 47.0. The van der Waals surface area contributed by atoms with E-state index in [4.69, 9.17) is 38.5 Å². The number of nitrogens with one attached hydrogen (secondary N) is 5. The van der Waals surface area contributed by atoms with E-state index < -0.39 is 35.2 Å². The fraction of sp³-hybridized carbons (Fsp3) is 0.407. The Hall–Kier alpha value is -8.51. The summed E-state index contributed by atoms with van der Waals surface area (Å²) >= 11 is 0. The van der Waals surface area contributed by atoms with Crippen LogP contribution < -0.4 is 36.1 Å². The monoisotopic (exact) mass is 1120 g/mol. The van der Waals surface area contributed by atoms with E-state index in [9.17, 15) is 28.8 Å². The van der Waals surface area contributed by atoms with Gasteiger partial charge in [-0.1, -0.05) is 12.1 Å². The van der Waals surface area contributed by atoms with Crippen LogP contribution in [0.3, 0.4) is 0 Å². The summed E-state index contributed by atoms with van der Waals surface area (Å²) in [5.74, 6) is -0.197. The zero-order valence-corrected chi connectivity index (χ0v) is 47.0. The molecule has 1 fully saturated rings. The minimum Gasteiger partial charge on any atom is -0.491 e. The number of methoxy groups -OCH3 is 1. The summed E-state index contributed by atoms with van der Waals surface area (Å²) in [5.41, 5.74) is 7.28. The number of aromatic nitrogens is 4. The van der Waals surface area contributed by atoms with Gasteiger partial charge in [0.25, 0.3) is 11.8 Å². The van der Waals surface area contributed by atoms with Crippen LogP contribution in [0.1, 0.15) is 82.5 Å². The van der Waals surface area contributed by atoms with Gasteiger partial charge in [0, 0.05) is 75.5 Å². The minimum absolute atomic E-state index is 0.0207. The third-order valence-electron chi connectivity index (χ3n) is 14.5. The highest BCUT2D eigenvalue weighted by atomic mass is 16.6. The number of nitrogens with zero attached hydrogens (tertiary/aromatic N) is 6. The highest BCUT2D eigenvalue weighted by Crippen LogP contribution is 2.39. The van der Waals surface area contributed by atoms with Gasteiger partial charge in [-0.15, -0.1) is 0 Å². The van der Waals surface area contributed by atoms with E-state index in [1.54, 1.807) is 60.5 Å². The largest absolute Gasteiger partial charge is 0.491 e. The van der Waals surface area contributed by atoms with E-state index in [0.717, 1.165) is 49.7 Å². The number of hydrogen-bond donors (Lipinski definition) is 5. The van der Waals surface area contributed by atoms with Crippen LogP contribution in [0, 0.1) is 13.8 Å². The maximum absolute atomic E-state index is 13.8. The Morgan fingerprint density at radius 1 is 0.768 bits per heavy atom. The van der Waals surface area contributed by atoms with Crippen LogP contribution in [0.4, 0.5) is 34.5 Å². The number of carbonyl (C=O) groups excluding carboxylic acids is 6. The first kappa shape index (κ1) is 58.2. The first-order valence-electron chi connectivity index (χ1n) is 27.3. The normalized spacial score (nSPS) is 15.5. The van der Waals surface area contributed by atoms with Crippen LogP contribution in [-0.4, -0.2) is 151 Å². The van der Waals surface area contributed by atoms with Crippen molar-refractivity contribution in [1.82, 2.24) is 34.9 Å². The van der Waals surface area contributed by atoms with Crippen molar-refractivity contribution in [1.29, 1.82) is 0 Å². The quantitative estimate of drug-likeness (QED) is 0.0273. The molecule has 1 unspecified atom stereocenters. The molecular formula is C59H69N11O12. The van der Waals surface area contributed by atoms with Gasteiger partial charge in [-0.2, -0.15) is 10.1 Å². The molecule has 1 saturated heterocycles. The van der Waals surface area contributed by atoms with Gasteiger partial charge in [-0.05, 0) is 123 Å². The topological polar surface area (TPSA) is 268 Å². The lowest BCUT2D eigenvalue weighted by Gasteiger charge is -2.44. The van der Waals surface area contributed by atoms with Crippen molar-refractivity contribution in [2.45, 2.75) is 71.4 Å². The number of aryl methyl sites for hydroxylation is 3. The maximum Gasteiger partial charge on any atom is 0.264 e. The average molecular weight is 1120 g/mol. The van der Waals surface area contributed by atoms with E-state index in [1.807, 2.05) is 63.9 Å². The summed E-state index contributed by atoms with van der Waals surface area (Å²) in [6, 6.07) is 20.9. The molecule has 6 aromatic rings. The second kappa shape index (κ2) is 26.4. The van der Waals surface area contributed by atoms with Gasteiger partial charge < -0.3 is 54.6 Å². The van der Waals surface area contributed by atoms with Crippen molar-refractivity contribution in [3.63, 3.8) is 0 Å². The molecule has 432 valence electrons. The molecule has 3 aliphatic rings. The maximum atomic E-state index is 13.8. The van der Waals surface area contributed by atoms with Crippen molar-refractivity contribution in [3.05, 3.63) is 112 Å². The zero-order chi connectivity index (χ0) is 57.9. The van der Waals surface area contributed by atoms with Crippen LogP contribution in [0.25, 0.3) is 11.0 Å². The third-order valence-corrected chi connectivity index (χ3v) is 14.5. The van der Waals surface area contributed by atoms with E-state index in [1.165, 1.54) is 0 Å². The highest BCUT2D eigenvalue weighted by Gasteiger charge is 2.46. The van der Waals surface area contributed by atoms with Gasteiger partial charge in [0.2, 0.25) is 29.6 Å². The van der Waals surface area contributed by atoms with Crippen LogP contribution in [0.5, 0.6) is 11.5 Å². The SMILES string of the molecule is COCCOc1cc(C)c(Nc2nn(C)c3nc(Nc4ccc5c(c4)C(C)(C)N(C(=O)CCC(=O)Nc4ccc(OCCOCCOCCOCCNc6cccc7c6C(=O)N(C6CCC(=O)NC6=O)C7=O)cc4)CC5)ncc23)c(C)c1. The van der Waals surface area contributed by atoms with E-state index in [-0.39, 0.29) is 48.6 Å². The highest BCUT2D eigenvalue weighted by molar-refractivity contribution is 6.25. The first-order chi connectivity index (χ1) is 39.6. The summed E-state index contributed by atoms with van der Waals surface area (Å²) in [5, 5.41) is 20.6. The number of amides is 6. The molecule has 5 N–H and O–H groups in total. The van der Waals surface area contributed by atoms with Gasteiger partial charge in [0.15, 0.2) is 11.5 Å². The summed E-state index contributed by atoms with van der Waals surface area (Å²) in [6.45, 7) is 12.3. The van der Waals surface area contributed by atoms with Crippen LogP contribution >= 0.6 is 0 Å². The van der Waals surface area contributed by atoms with Crippen molar-refractivity contribution >= 4 is 81.0 Å². The Morgan fingerprint density at radius 2 is 1.46 bits per heavy atom. The predicted octanol–water partition coefficient (Wildman–Crippen LogP) is 6.47. The number of piperidine rings is 1. The Kier molecular flexibility index (Phi) is 18.7. The van der Waals surface area contributed by atoms with Gasteiger partial charge in [0.1, 0.15) is 30.8 Å². The second-order valence-corrected chi connectivity index (χ2v) is 20.5. The van der Waals surface area contributed by atoms with Crippen molar-refractivity contribution < 1.29 is 57.2 Å². The van der Waals surface area contributed by atoms with Crippen LogP contribution in [0.15, 0.2) is 79.0 Å². The molecule has 2 aromatic heterocycles. The lowest BCUT2D eigenvalue weighted by molar-refractivity contribution is -0.139. The molecule has 5 heterocycles. The molecule has 0 aliphatic carbocycles. The fourth-order valence-electron chi connectivity index (χ4n) is 10.3. The van der Waals surface area contributed by atoms with Gasteiger partial charge in [-0.25, -0.2) is 9.67 Å². The second-order valence-electron chi connectivity index (χ2n) is 20.5. The van der Waals surface area contributed by atoms with Gasteiger partial charge in [0.05, 0.1) is 68.3 Å². The summed E-state index contributed by atoms with van der Waals surface area (Å²) in [7, 11) is 3.49.